The lowest BCUT2D eigenvalue weighted by atomic mass is 9.95. The van der Waals surface area contributed by atoms with E-state index >= 15 is 0 Å². The summed E-state index contributed by atoms with van der Waals surface area (Å²) in [6.07, 6.45) is 1.01. The van der Waals surface area contributed by atoms with Crippen molar-refractivity contribution in [2.45, 2.75) is 33.1 Å². The SMILES string of the molecule is CCC(C)c1ccc2nc(-c3ccc(C)o3)cc(C(=O)O)c2c1. The summed E-state index contributed by atoms with van der Waals surface area (Å²) in [4.78, 5) is 16.3. The number of aryl methyl sites for hydroxylation is 1. The van der Waals surface area contributed by atoms with Crippen LogP contribution >= 0.6 is 0 Å². The summed E-state index contributed by atoms with van der Waals surface area (Å²) in [6.45, 7) is 6.10. The number of rotatable bonds is 4. The summed E-state index contributed by atoms with van der Waals surface area (Å²) in [6, 6.07) is 11.1. The largest absolute Gasteiger partial charge is 0.478 e. The summed E-state index contributed by atoms with van der Waals surface area (Å²) in [5, 5.41) is 10.3. The van der Waals surface area contributed by atoms with Gasteiger partial charge >= 0.3 is 5.97 Å². The number of benzene rings is 1. The quantitative estimate of drug-likeness (QED) is 0.735. The van der Waals surface area contributed by atoms with Crippen molar-refractivity contribution >= 4 is 16.9 Å². The van der Waals surface area contributed by atoms with E-state index < -0.39 is 5.97 Å². The molecule has 2 aromatic heterocycles. The van der Waals surface area contributed by atoms with Gasteiger partial charge in [-0.05, 0) is 55.2 Å². The van der Waals surface area contributed by atoms with Gasteiger partial charge in [-0.15, -0.1) is 0 Å². The highest BCUT2D eigenvalue weighted by atomic mass is 16.4. The molecule has 0 saturated heterocycles. The first-order valence-corrected chi connectivity index (χ1v) is 7.74. The zero-order valence-electron chi connectivity index (χ0n) is 13.5. The van der Waals surface area contributed by atoms with Gasteiger partial charge in [-0.1, -0.05) is 19.9 Å². The second kappa shape index (κ2) is 5.88. The maximum atomic E-state index is 11.7. The fourth-order valence-corrected chi connectivity index (χ4v) is 2.66. The van der Waals surface area contributed by atoms with Gasteiger partial charge in [0.1, 0.15) is 11.5 Å². The zero-order chi connectivity index (χ0) is 16.6. The molecule has 3 aromatic rings. The van der Waals surface area contributed by atoms with Crippen LogP contribution in [0.2, 0.25) is 0 Å². The molecular formula is C19H19NO3. The number of hydrogen-bond donors (Lipinski definition) is 1. The predicted octanol–water partition coefficient (Wildman–Crippen LogP) is 5.01. The molecule has 0 aliphatic carbocycles. The molecule has 0 saturated carbocycles. The standard InChI is InChI=1S/C19H19NO3/c1-4-11(2)13-6-7-16-14(9-13)15(19(21)22)10-17(20-16)18-8-5-12(3)23-18/h5-11H,4H2,1-3H3,(H,21,22). The second-order valence-corrected chi connectivity index (χ2v) is 5.86. The number of aromatic nitrogens is 1. The molecule has 2 heterocycles. The average molecular weight is 309 g/mol. The normalized spacial score (nSPS) is 12.5. The Labute approximate surface area is 134 Å². The van der Waals surface area contributed by atoms with Gasteiger partial charge in [0.05, 0.1) is 11.1 Å². The molecule has 1 aromatic carbocycles. The smallest absolute Gasteiger partial charge is 0.336 e. The van der Waals surface area contributed by atoms with Gasteiger partial charge in [0.2, 0.25) is 0 Å². The summed E-state index contributed by atoms with van der Waals surface area (Å²) >= 11 is 0. The van der Waals surface area contributed by atoms with Gasteiger partial charge in [-0.3, -0.25) is 0 Å². The lowest BCUT2D eigenvalue weighted by molar-refractivity contribution is 0.0699. The molecule has 0 amide bonds. The molecule has 3 rings (SSSR count). The molecule has 118 valence electrons. The van der Waals surface area contributed by atoms with E-state index in [9.17, 15) is 9.90 Å². The average Bonchev–Trinajstić information content (AvgIpc) is 2.98. The molecule has 0 aliphatic heterocycles. The molecule has 4 heteroatoms. The van der Waals surface area contributed by atoms with Gasteiger partial charge < -0.3 is 9.52 Å². The summed E-state index contributed by atoms with van der Waals surface area (Å²) in [5.74, 6) is 0.778. The number of nitrogens with zero attached hydrogens (tertiary/aromatic N) is 1. The van der Waals surface area contributed by atoms with Crippen LogP contribution in [0, 0.1) is 6.92 Å². The summed E-state index contributed by atoms with van der Waals surface area (Å²) in [5.41, 5.74) is 2.59. The van der Waals surface area contributed by atoms with E-state index in [2.05, 4.69) is 18.8 Å². The van der Waals surface area contributed by atoms with Crippen LogP contribution in [0.5, 0.6) is 0 Å². The van der Waals surface area contributed by atoms with Gasteiger partial charge in [-0.25, -0.2) is 9.78 Å². The fourth-order valence-electron chi connectivity index (χ4n) is 2.66. The molecule has 23 heavy (non-hydrogen) atoms. The van der Waals surface area contributed by atoms with Gasteiger partial charge in [0.15, 0.2) is 5.76 Å². The number of furan rings is 1. The number of fused-ring (bicyclic) bond motifs is 1. The van der Waals surface area contributed by atoms with E-state index in [0.29, 0.717) is 28.3 Å². The topological polar surface area (TPSA) is 63.3 Å². The van der Waals surface area contributed by atoms with Crippen LogP contribution in [0.25, 0.3) is 22.4 Å². The molecule has 0 aliphatic rings. The lowest BCUT2D eigenvalue weighted by Gasteiger charge is -2.12. The third-order valence-corrected chi connectivity index (χ3v) is 4.24. The van der Waals surface area contributed by atoms with E-state index in [4.69, 9.17) is 4.42 Å². The van der Waals surface area contributed by atoms with E-state index in [0.717, 1.165) is 17.7 Å². The number of aromatic carboxylic acids is 1. The highest BCUT2D eigenvalue weighted by Crippen LogP contribution is 2.29. The second-order valence-electron chi connectivity index (χ2n) is 5.86. The Hall–Kier alpha value is -2.62. The van der Waals surface area contributed by atoms with E-state index in [-0.39, 0.29) is 5.56 Å². The van der Waals surface area contributed by atoms with Crippen LogP contribution < -0.4 is 0 Å². The van der Waals surface area contributed by atoms with Crippen molar-refractivity contribution in [1.29, 1.82) is 0 Å². The Morgan fingerprint density at radius 2 is 2.04 bits per heavy atom. The van der Waals surface area contributed by atoms with Crippen LogP contribution in [0.4, 0.5) is 0 Å². The highest BCUT2D eigenvalue weighted by molar-refractivity contribution is 6.03. The van der Waals surface area contributed by atoms with Gasteiger partial charge in [-0.2, -0.15) is 0 Å². The van der Waals surface area contributed by atoms with Crippen LogP contribution in [-0.4, -0.2) is 16.1 Å². The molecule has 1 atom stereocenters. The van der Waals surface area contributed by atoms with Crippen molar-refractivity contribution in [2.75, 3.05) is 0 Å². The van der Waals surface area contributed by atoms with E-state index in [1.807, 2.05) is 37.3 Å². The van der Waals surface area contributed by atoms with Gasteiger partial charge in [0.25, 0.3) is 0 Å². The molecule has 0 fully saturated rings. The van der Waals surface area contributed by atoms with Crippen molar-refractivity contribution in [2.24, 2.45) is 0 Å². The fraction of sp³-hybridized carbons (Fsp3) is 0.263. The van der Waals surface area contributed by atoms with Crippen molar-refractivity contribution in [1.82, 2.24) is 4.98 Å². The Morgan fingerprint density at radius 3 is 2.65 bits per heavy atom. The van der Waals surface area contributed by atoms with Crippen LogP contribution in [-0.2, 0) is 0 Å². The van der Waals surface area contributed by atoms with Crippen molar-refractivity contribution in [3.8, 4) is 11.5 Å². The zero-order valence-corrected chi connectivity index (χ0v) is 13.5. The third-order valence-electron chi connectivity index (χ3n) is 4.24. The number of hydrogen-bond acceptors (Lipinski definition) is 3. The number of carbonyl (C=O) groups is 1. The van der Waals surface area contributed by atoms with Crippen LogP contribution in [0.15, 0.2) is 40.8 Å². The van der Waals surface area contributed by atoms with Gasteiger partial charge in [0, 0.05) is 5.39 Å². The molecule has 1 unspecified atom stereocenters. The minimum atomic E-state index is -0.955. The summed E-state index contributed by atoms with van der Waals surface area (Å²) in [7, 11) is 0. The molecular weight excluding hydrogens is 290 g/mol. The van der Waals surface area contributed by atoms with Crippen molar-refractivity contribution in [3.05, 3.63) is 53.3 Å². The predicted molar refractivity (Wildman–Crippen MR) is 89.8 cm³/mol. The minimum Gasteiger partial charge on any atom is -0.478 e. The van der Waals surface area contributed by atoms with E-state index in [1.165, 1.54) is 0 Å². The minimum absolute atomic E-state index is 0.254. The Balaban J connectivity index is 2.23. The maximum absolute atomic E-state index is 11.7. The first-order chi connectivity index (χ1) is 11.0. The highest BCUT2D eigenvalue weighted by Gasteiger charge is 2.16. The maximum Gasteiger partial charge on any atom is 0.336 e. The number of carboxylic acids is 1. The monoisotopic (exact) mass is 309 g/mol. The molecule has 0 spiro atoms. The third kappa shape index (κ3) is 2.84. The Morgan fingerprint density at radius 1 is 1.26 bits per heavy atom. The molecule has 0 bridgehead atoms. The number of carboxylic acid groups (broad SMARTS) is 1. The molecule has 1 N–H and O–H groups in total. The number of pyridine rings is 1. The van der Waals surface area contributed by atoms with Crippen molar-refractivity contribution in [3.63, 3.8) is 0 Å². The molecule has 0 radical (unpaired) electrons. The van der Waals surface area contributed by atoms with E-state index in [1.54, 1.807) is 6.07 Å². The Kier molecular flexibility index (Phi) is 3.90. The van der Waals surface area contributed by atoms with Crippen LogP contribution in [0.1, 0.15) is 47.9 Å². The molecule has 4 nitrogen and oxygen atoms in total. The first-order valence-electron chi connectivity index (χ1n) is 7.74. The van der Waals surface area contributed by atoms with Crippen molar-refractivity contribution < 1.29 is 14.3 Å². The first kappa shape index (κ1) is 15.3. The Bertz CT molecular complexity index is 879. The lowest BCUT2D eigenvalue weighted by Crippen LogP contribution is -2.01. The van der Waals surface area contributed by atoms with Crippen LogP contribution in [0.3, 0.4) is 0 Å². The summed E-state index contributed by atoms with van der Waals surface area (Å²) < 4.78 is 5.58.